The number of hydrogen-bond acceptors (Lipinski definition) is 8. The zero-order valence-electron chi connectivity index (χ0n) is 24.8. The van der Waals surface area contributed by atoms with Gasteiger partial charge in [-0.25, -0.2) is 4.79 Å². The minimum atomic E-state index is -1.24. The number of carbonyl (C=O) groups is 3. The monoisotopic (exact) mass is 700 g/mol. The van der Waals surface area contributed by atoms with Crippen LogP contribution in [0.15, 0.2) is 35.9 Å². The lowest BCUT2D eigenvalue weighted by Crippen LogP contribution is -2.54. The van der Waals surface area contributed by atoms with Crippen molar-refractivity contribution < 1.29 is 38.8 Å². The Hall–Kier alpha value is -2.06. The number of carbonyl (C=O) groups excluding carboxylic acids is 3. The molecule has 1 aliphatic heterocycles. The minimum Gasteiger partial charge on any atom is -0.455 e. The number of aliphatic hydroxyl groups excluding tert-OH is 2. The van der Waals surface area contributed by atoms with Gasteiger partial charge in [0.2, 0.25) is 11.8 Å². The van der Waals surface area contributed by atoms with E-state index in [-0.39, 0.29) is 25.1 Å². The number of nitrogens with one attached hydrogen (secondary N) is 2. The third-order valence-electron chi connectivity index (χ3n) is 7.61. The van der Waals surface area contributed by atoms with Crippen LogP contribution in [0.1, 0.15) is 88.9 Å². The number of hydrogen-bond donors (Lipinski definition) is 4. The maximum atomic E-state index is 13.5. The van der Waals surface area contributed by atoms with E-state index in [4.69, 9.17) is 19.3 Å². The zero-order chi connectivity index (χ0) is 30.7. The molecule has 10 nitrogen and oxygen atoms in total. The largest absolute Gasteiger partial charge is 0.455 e. The lowest BCUT2D eigenvalue weighted by molar-refractivity contribution is -0.190. The Morgan fingerprint density at radius 2 is 1.76 bits per heavy atom. The van der Waals surface area contributed by atoms with Crippen LogP contribution in [0.5, 0.6) is 0 Å². The molecule has 0 aromatic heterocycles. The fourth-order valence-electron chi connectivity index (χ4n) is 5.36. The number of unbranched alkanes of at least 4 members (excludes halogenated alkanes) is 4. The Morgan fingerprint density at radius 1 is 1.10 bits per heavy atom. The average molecular weight is 701 g/mol. The molecular weight excluding hydrogens is 655 g/mol. The van der Waals surface area contributed by atoms with Crippen LogP contribution in [-0.4, -0.2) is 77.4 Å². The summed E-state index contributed by atoms with van der Waals surface area (Å²) < 4.78 is 20.0. The van der Waals surface area contributed by atoms with Crippen molar-refractivity contribution in [3.8, 4) is 0 Å². The molecule has 3 rings (SSSR count). The molecule has 0 bridgehead atoms. The first-order valence-corrected chi connectivity index (χ1v) is 16.1. The fourth-order valence-corrected chi connectivity index (χ4v) is 5.96. The van der Waals surface area contributed by atoms with Crippen LogP contribution in [-0.2, 0) is 23.8 Å². The van der Waals surface area contributed by atoms with Crippen LogP contribution in [0, 0.1) is 3.57 Å². The van der Waals surface area contributed by atoms with Crippen LogP contribution in [0.4, 0.5) is 0 Å². The summed E-state index contributed by atoms with van der Waals surface area (Å²) in [4.78, 5) is 39.3. The summed E-state index contributed by atoms with van der Waals surface area (Å²) >= 11 is 2.08. The molecule has 2 amide bonds. The molecule has 1 aromatic rings. The lowest BCUT2D eigenvalue weighted by atomic mass is 9.91. The molecule has 1 aliphatic carbocycles. The molecule has 42 heavy (non-hydrogen) atoms. The van der Waals surface area contributed by atoms with Crippen molar-refractivity contribution in [3.63, 3.8) is 0 Å². The van der Waals surface area contributed by atoms with Gasteiger partial charge in [0.05, 0.1) is 18.3 Å². The highest BCUT2D eigenvalue weighted by Gasteiger charge is 2.52. The zero-order valence-corrected chi connectivity index (χ0v) is 26.9. The average Bonchev–Trinajstić information content (AvgIpc) is 3.33. The van der Waals surface area contributed by atoms with Gasteiger partial charge in [-0.1, -0.05) is 51.7 Å². The number of benzene rings is 1. The van der Waals surface area contributed by atoms with Crippen molar-refractivity contribution in [1.82, 2.24) is 10.6 Å². The van der Waals surface area contributed by atoms with Crippen molar-refractivity contribution in [2.75, 3.05) is 13.2 Å². The summed E-state index contributed by atoms with van der Waals surface area (Å²) in [5.74, 6) is -2.56. The van der Waals surface area contributed by atoms with Gasteiger partial charge in [-0.15, -0.1) is 0 Å². The van der Waals surface area contributed by atoms with E-state index in [9.17, 15) is 19.5 Å². The second kappa shape index (κ2) is 16.7. The number of fused-ring (bicyclic) bond motifs is 1. The van der Waals surface area contributed by atoms with Crippen LogP contribution in [0.2, 0.25) is 0 Å². The standard InChI is InChI=1S/C31H45IN2O8/c1-4-6-10-14-31(15-11-7-5-2)41-25-19-21(28(37)34-26(20(3)36)29(38)33-16-17-35)18-24(27(25)42-31)40-30(39)22-12-8-9-13-23(22)32/h8-9,12-13,19-20,24-27,35-36H,4-7,10-11,14-18H2,1-3H3,(H,33,38)(H,34,37)/t20-,24+,25+,26+,27-/m0/s1. The van der Waals surface area contributed by atoms with E-state index in [1.807, 2.05) is 12.1 Å². The molecule has 4 N–H and O–H groups in total. The maximum absolute atomic E-state index is 13.5. The topological polar surface area (TPSA) is 143 Å². The van der Waals surface area contributed by atoms with E-state index in [0.717, 1.165) is 42.1 Å². The Bertz CT molecular complexity index is 1080. The smallest absolute Gasteiger partial charge is 0.339 e. The molecule has 1 heterocycles. The normalized spacial score (nSPS) is 22.4. The predicted octanol–water partition coefficient (Wildman–Crippen LogP) is 3.76. The highest BCUT2D eigenvalue weighted by molar-refractivity contribution is 14.1. The van der Waals surface area contributed by atoms with Crippen molar-refractivity contribution >= 4 is 40.4 Å². The van der Waals surface area contributed by atoms with E-state index in [1.54, 1.807) is 18.2 Å². The molecule has 0 spiro atoms. The summed E-state index contributed by atoms with van der Waals surface area (Å²) in [6, 6.07) is 5.88. The fraction of sp³-hybridized carbons (Fsp3) is 0.645. The van der Waals surface area contributed by atoms with Crippen LogP contribution < -0.4 is 10.6 Å². The van der Waals surface area contributed by atoms with Crippen LogP contribution >= 0.6 is 22.6 Å². The Morgan fingerprint density at radius 3 is 2.36 bits per heavy atom. The molecule has 5 atom stereocenters. The molecular formula is C31H45IN2O8. The number of amides is 2. The van der Waals surface area contributed by atoms with Gasteiger partial charge in [-0.3, -0.25) is 9.59 Å². The highest BCUT2D eigenvalue weighted by atomic mass is 127. The van der Waals surface area contributed by atoms with Gasteiger partial charge < -0.3 is 35.1 Å². The number of ether oxygens (including phenoxy) is 3. The molecule has 11 heteroatoms. The number of aliphatic hydroxyl groups is 2. The molecule has 0 unspecified atom stereocenters. The van der Waals surface area contributed by atoms with E-state index >= 15 is 0 Å². The first kappa shape index (κ1) is 34.4. The molecule has 1 fully saturated rings. The summed E-state index contributed by atoms with van der Waals surface area (Å²) in [6.45, 7) is 5.39. The number of halogens is 1. The van der Waals surface area contributed by atoms with Gasteiger partial charge in [0.1, 0.15) is 24.4 Å². The van der Waals surface area contributed by atoms with Crippen molar-refractivity contribution in [1.29, 1.82) is 0 Å². The van der Waals surface area contributed by atoms with Gasteiger partial charge in [-0.2, -0.15) is 0 Å². The highest BCUT2D eigenvalue weighted by Crippen LogP contribution is 2.43. The van der Waals surface area contributed by atoms with Crippen LogP contribution in [0.25, 0.3) is 0 Å². The first-order valence-electron chi connectivity index (χ1n) is 15.0. The van der Waals surface area contributed by atoms with E-state index in [1.165, 1.54) is 6.92 Å². The Labute approximate surface area is 262 Å². The summed E-state index contributed by atoms with van der Waals surface area (Å²) in [7, 11) is 0. The van der Waals surface area contributed by atoms with Gasteiger partial charge in [-0.05, 0) is 60.6 Å². The SMILES string of the molecule is CCCCCC1(CCCCC)O[C@@H]2[C@@H](C=C(C(=O)N[C@@H](C(=O)NCCO)[C@H](C)O)C[C@H]2OC(=O)c2ccccc2I)O1. The molecule has 0 radical (unpaired) electrons. The van der Waals surface area contributed by atoms with E-state index in [0.29, 0.717) is 18.4 Å². The molecule has 1 aromatic carbocycles. The maximum Gasteiger partial charge on any atom is 0.339 e. The van der Waals surface area contributed by atoms with Gasteiger partial charge in [0.25, 0.3) is 0 Å². The molecule has 1 saturated heterocycles. The second-order valence-corrected chi connectivity index (χ2v) is 12.2. The van der Waals surface area contributed by atoms with E-state index in [2.05, 4.69) is 47.1 Å². The Balaban J connectivity index is 1.89. The quantitative estimate of drug-likeness (QED) is 0.116. The van der Waals surface area contributed by atoms with Crippen LogP contribution in [0.3, 0.4) is 0 Å². The molecule has 0 saturated carbocycles. The van der Waals surface area contributed by atoms with Gasteiger partial charge in [0.15, 0.2) is 5.79 Å². The third-order valence-corrected chi connectivity index (χ3v) is 8.55. The molecule has 2 aliphatic rings. The summed E-state index contributed by atoms with van der Waals surface area (Å²) in [6.07, 6.45) is 5.91. The lowest BCUT2D eigenvalue weighted by Gasteiger charge is -2.31. The molecule has 234 valence electrons. The number of rotatable bonds is 16. The Kier molecular flexibility index (Phi) is 13.7. The minimum absolute atomic E-state index is 0.00991. The second-order valence-electron chi connectivity index (χ2n) is 11.0. The van der Waals surface area contributed by atoms with Crippen molar-refractivity contribution in [2.24, 2.45) is 0 Å². The number of esters is 1. The third kappa shape index (κ3) is 9.22. The first-order chi connectivity index (χ1) is 20.1. The van der Waals surface area contributed by atoms with Crippen molar-refractivity contribution in [2.45, 2.75) is 115 Å². The van der Waals surface area contributed by atoms with Gasteiger partial charge >= 0.3 is 5.97 Å². The van der Waals surface area contributed by atoms with E-state index < -0.39 is 54.0 Å². The van der Waals surface area contributed by atoms with Gasteiger partial charge in [0, 0.05) is 35.0 Å². The van der Waals surface area contributed by atoms with Crippen molar-refractivity contribution in [3.05, 3.63) is 45.0 Å². The predicted molar refractivity (Wildman–Crippen MR) is 166 cm³/mol. The summed E-state index contributed by atoms with van der Waals surface area (Å²) in [5, 5.41) is 24.3. The summed E-state index contributed by atoms with van der Waals surface area (Å²) in [5.41, 5.74) is 0.694.